The van der Waals surface area contributed by atoms with E-state index in [2.05, 4.69) is 11.4 Å². The Kier molecular flexibility index (Phi) is 6.76. The largest absolute Gasteiger partial charge is 0.478 e. The molecule has 0 spiro atoms. The van der Waals surface area contributed by atoms with Crippen LogP contribution in [0.15, 0.2) is 60.2 Å². The molecule has 4 nitrogen and oxygen atoms in total. The number of para-hydroxylation sites is 1. The lowest BCUT2D eigenvalue weighted by Gasteiger charge is -2.47. The highest BCUT2D eigenvalue weighted by Crippen LogP contribution is 2.33. The predicted molar refractivity (Wildman–Crippen MR) is 122 cm³/mol. The normalized spacial score (nSPS) is 21.2. The van der Waals surface area contributed by atoms with Gasteiger partial charge >= 0.3 is 0 Å². The van der Waals surface area contributed by atoms with E-state index in [4.69, 9.17) is 16.3 Å². The molecule has 2 aromatic carbocycles. The highest BCUT2D eigenvalue weighted by Gasteiger charge is 2.50. The molecular formula is C25H29ClN2O2. The second kappa shape index (κ2) is 9.67. The van der Waals surface area contributed by atoms with Crippen molar-refractivity contribution in [1.29, 1.82) is 0 Å². The number of halogens is 1. The summed E-state index contributed by atoms with van der Waals surface area (Å²) in [5.74, 6) is 0.667. The van der Waals surface area contributed by atoms with Crippen molar-refractivity contribution in [3.63, 3.8) is 0 Å². The van der Waals surface area contributed by atoms with Gasteiger partial charge in [0, 0.05) is 17.3 Å². The average molecular weight is 425 g/mol. The smallest absolute Gasteiger partial charge is 0.270 e. The molecule has 0 aromatic heterocycles. The Morgan fingerprint density at radius 2 is 1.93 bits per heavy atom. The summed E-state index contributed by atoms with van der Waals surface area (Å²) in [7, 11) is 0. The Morgan fingerprint density at radius 3 is 2.67 bits per heavy atom. The quantitative estimate of drug-likeness (QED) is 0.355. The molecule has 0 unspecified atom stereocenters. The zero-order chi connectivity index (χ0) is 20.9. The molecule has 1 fully saturated rings. The number of hydrogen-bond donors (Lipinski definition) is 1. The van der Waals surface area contributed by atoms with Crippen molar-refractivity contribution in [3.8, 4) is 5.75 Å². The number of hydrogen-bond acceptors (Lipinski definition) is 3. The van der Waals surface area contributed by atoms with Crippen LogP contribution in [0, 0.1) is 6.92 Å². The molecule has 30 heavy (non-hydrogen) atoms. The molecule has 1 aliphatic heterocycles. The number of aryl methyl sites for hydroxylation is 1. The summed E-state index contributed by atoms with van der Waals surface area (Å²) in [5.41, 5.74) is 3.61. The monoisotopic (exact) mass is 424 g/mol. The Hall–Kier alpha value is -2.30. The number of β-lactam (4-membered cyclic amide) rings is 1. The van der Waals surface area contributed by atoms with Crippen LogP contribution in [0.2, 0.25) is 5.02 Å². The first-order valence-corrected chi connectivity index (χ1v) is 11.2. The topological polar surface area (TPSA) is 41.6 Å². The molecule has 2 aliphatic rings. The van der Waals surface area contributed by atoms with Gasteiger partial charge in [0.1, 0.15) is 5.75 Å². The van der Waals surface area contributed by atoms with Crippen LogP contribution < -0.4 is 15.0 Å². The number of carbonyl (C=O) groups excluding carboxylic acids is 1. The summed E-state index contributed by atoms with van der Waals surface area (Å²) < 4.78 is 6.07. The summed E-state index contributed by atoms with van der Waals surface area (Å²) >= 11 is 5.98. The average Bonchev–Trinajstić information content (AvgIpc) is 2.77. The second-order valence-corrected chi connectivity index (χ2v) is 8.55. The van der Waals surface area contributed by atoms with Crippen LogP contribution in [0.4, 0.5) is 5.69 Å². The zero-order valence-corrected chi connectivity index (χ0v) is 18.2. The standard InChI is InChI=1S/C25H29ClN2O2/c1-18-7-5-6-10-22(18)28-23(17-27-16-15-19-8-3-2-4-9-19)24(25(28)29)30-21-13-11-20(26)12-14-21/h5-8,10-14,23-24,27H,2-4,9,15-17H2,1H3/t23-,24-/m1/s1. The Morgan fingerprint density at radius 1 is 1.13 bits per heavy atom. The number of anilines is 1. The van der Waals surface area contributed by atoms with Crippen LogP contribution in [0.25, 0.3) is 0 Å². The highest BCUT2D eigenvalue weighted by molar-refractivity contribution is 6.30. The van der Waals surface area contributed by atoms with E-state index in [0.29, 0.717) is 17.3 Å². The maximum atomic E-state index is 13.0. The molecule has 158 valence electrons. The first kappa shape index (κ1) is 21.0. The van der Waals surface area contributed by atoms with Crippen molar-refractivity contribution >= 4 is 23.2 Å². The van der Waals surface area contributed by atoms with Crippen LogP contribution in [-0.2, 0) is 4.79 Å². The maximum absolute atomic E-state index is 13.0. The molecule has 1 aliphatic carbocycles. The molecule has 1 heterocycles. The van der Waals surface area contributed by atoms with Crippen molar-refractivity contribution in [2.75, 3.05) is 18.0 Å². The lowest BCUT2D eigenvalue weighted by atomic mass is 9.94. The summed E-state index contributed by atoms with van der Waals surface area (Å²) in [6.45, 7) is 3.66. The van der Waals surface area contributed by atoms with Crippen molar-refractivity contribution in [1.82, 2.24) is 5.32 Å². The van der Waals surface area contributed by atoms with Gasteiger partial charge in [0.15, 0.2) is 6.10 Å². The number of allylic oxidation sites excluding steroid dienone is 1. The lowest BCUT2D eigenvalue weighted by Crippen LogP contribution is -2.70. The molecule has 1 N–H and O–H groups in total. The molecule has 1 amide bonds. The SMILES string of the molecule is Cc1ccccc1N1C(=O)[C@H](Oc2ccc(Cl)cc2)[C@H]1CNCCC1=CCCCC1. The van der Waals surface area contributed by atoms with Gasteiger partial charge in [-0.15, -0.1) is 0 Å². The van der Waals surface area contributed by atoms with Crippen molar-refractivity contribution in [2.45, 2.75) is 51.2 Å². The Balaban J connectivity index is 1.43. The number of nitrogens with one attached hydrogen (secondary N) is 1. The van der Waals surface area contributed by atoms with Gasteiger partial charge in [-0.2, -0.15) is 0 Å². The van der Waals surface area contributed by atoms with Gasteiger partial charge in [-0.1, -0.05) is 41.4 Å². The molecule has 2 atom stereocenters. The molecule has 1 saturated heterocycles. The van der Waals surface area contributed by atoms with Gasteiger partial charge in [-0.05, 0) is 81.5 Å². The number of ether oxygens (including phenoxy) is 1. The van der Waals surface area contributed by atoms with Crippen LogP contribution in [0.3, 0.4) is 0 Å². The van der Waals surface area contributed by atoms with Crippen molar-refractivity contribution < 1.29 is 9.53 Å². The number of amides is 1. The molecule has 0 saturated carbocycles. The summed E-state index contributed by atoms with van der Waals surface area (Å²) in [5, 5.41) is 4.22. The van der Waals surface area contributed by atoms with E-state index in [1.54, 1.807) is 17.7 Å². The van der Waals surface area contributed by atoms with E-state index < -0.39 is 6.10 Å². The van der Waals surface area contributed by atoms with Crippen molar-refractivity contribution in [2.24, 2.45) is 0 Å². The number of rotatable bonds is 8. The molecule has 0 radical (unpaired) electrons. The lowest BCUT2D eigenvalue weighted by molar-refractivity contribution is -0.134. The fraction of sp³-hybridized carbons (Fsp3) is 0.400. The predicted octanol–water partition coefficient (Wildman–Crippen LogP) is 5.29. The summed E-state index contributed by atoms with van der Waals surface area (Å²) in [4.78, 5) is 14.9. The van der Waals surface area contributed by atoms with E-state index in [0.717, 1.165) is 24.2 Å². The Bertz CT molecular complexity index is 910. The van der Waals surface area contributed by atoms with Crippen LogP contribution in [0.1, 0.15) is 37.7 Å². The Labute approximate surface area is 183 Å². The van der Waals surface area contributed by atoms with Gasteiger partial charge in [0.25, 0.3) is 5.91 Å². The fourth-order valence-electron chi connectivity index (χ4n) is 4.27. The van der Waals surface area contributed by atoms with Crippen LogP contribution in [-0.4, -0.2) is 31.1 Å². The third-order valence-electron chi connectivity index (χ3n) is 5.98. The summed E-state index contributed by atoms with van der Waals surface area (Å²) in [6, 6.07) is 15.2. The first-order valence-electron chi connectivity index (χ1n) is 10.8. The molecule has 2 aromatic rings. The molecule has 5 heteroatoms. The van der Waals surface area contributed by atoms with Gasteiger partial charge < -0.3 is 15.0 Å². The van der Waals surface area contributed by atoms with Gasteiger partial charge in [-0.3, -0.25) is 4.79 Å². The third kappa shape index (κ3) is 4.71. The van der Waals surface area contributed by atoms with E-state index in [1.807, 2.05) is 48.2 Å². The highest BCUT2D eigenvalue weighted by atomic mass is 35.5. The van der Waals surface area contributed by atoms with Gasteiger partial charge in [0.05, 0.1) is 6.04 Å². The second-order valence-electron chi connectivity index (χ2n) is 8.12. The first-order chi connectivity index (χ1) is 14.6. The third-order valence-corrected chi connectivity index (χ3v) is 6.23. The number of benzene rings is 2. The molecule has 0 bridgehead atoms. The van der Waals surface area contributed by atoms with Crippen LogP contribution >= 0.6 is 11.6 Å². The van der Waals surface area contributed by atoms with Gasteiger partial charge in [0.2, 0.25) is 0 Å². The number of carbonyl (C=O) groups is 1. The van der Waals surface area contributed by atoms with E-state index in [1.165, 1.54) is 25.7 Å². The minimum absolute atomic E-state index is 0.000962. The molecule has 4 rings (SSSR count). The van der Waals surface area contributed by atoms with Crippen molar-refractivity contribution in [3.05, 3.63) is 70.8 Å². The molecular weight excluding hydrogens is 396 g/mol. The van der Waals surface area contributed by atoms with Crippen LogP contribution in [0.5, 0.6) is 5.75 Å². The van der Waals surface area contributed by atoms with E-state index in [-0.39, 0.29) is 11.9 Å². The zero-order valence-electron chi connectivity index (χ0n) is 17.4. The summed E-state index contributed by atoms with van der Waals surface area (Å²) in [6.07, 6.45) is 8.04. The maximum Gasteiger partial charge on any atom is 0.270 e. The van der Waals surface area contributed by atoms with Gasteiger partial charge in [-0.25, -0.2) is 0 Å². The number of nitrogens with zero attached hydrogens (tertiary/aromatic N) is 1. The van der Waals surface area contributed by atoms with E-state index in [9.17, 15) is 4.79 Å². The minimum atomic E-state index is -0.493. The fourth-order valence-corrected chi connectivity index (χ4v) is 4.39. The minimum Gasteiger partial charge on any atom is -0.478 e. The van der Waals surface area contributed by atoms with E-state index >= 15 is 0 Å².